The van der Waals surface area contributed by atoms with Gasteiger partial charge in [0.15, 0.2) is 16.9 Å². The summed E-state index contributed by atoms with van der Waals surface area (Å²) < 4.78 is 1.90. The summed E-state index contributed by atoms with van der Waals surface area (Å²) in [5.41, 5.74) is 2.54. The van der Waals surface area contributed by atoms with Gasteiger partial charge in [0.25, 0.3) is 0 Å². The maximum atomic E-state index is 12.7. The largest absolute Gasteiger partial charge is 0.504 e. The number of fused-ring (bicyclic) bond motifs is 1. The SMILES string of the molecule is O=c1cc(-c2ccccc2Cl)n(Cc2ccncc2)c2cc(O)c(O)cc12. The normalized spacial score (nSPS) is 11.0. The topological polar surface area (TPSA) is 75.4 Å². The zero-order valence-electron chi connectivity index (χ0n) is 14.1. The van der Waals surface area contributed by atoms with E-state index in [2.05, 4.69) is 4.98 Å². The average molecular weight is 379 g/mol. The lowest BCUT2D eigenvalue weighted by Crippen LogP contribution is -2.13. The Bertz CT molecular complexity index is 1200. The predicted octanol–water partition coefficient (Wildman–Crippen LogP) is 4.18. The lowest BCUT2D eigenvalue weighted by Gasteiger charge is -2.18. The molecule has 0 aliphatic carbocycles. The Kier molecular flexibility index (Phi) is 4.30. The van der Waals surface area contributed by atoms with Crippen molar-refractivity contribution in [1.29, 1.82) is 0 Å². The fraction of sp³-hybridized carbons (Fsp3) is 0.0476. The van der Waals surface area contributed by atoms with Crippen molar-refractivity contribution in [2.24, 2.45) is 0 Å². The van der Waals surface area contributed by atoms with Crippen molar-refractivity contribution < 1.29 is 10.2 Å². The Morgan fingerprint density at radius 1 is 0.963 bits per heavy atom. The first-order valence-corrected chi connectivity index (χ1v) is 8.66. The van der Waals surface area contributed by atoms with Crippen LogP contribution >= 0.6 is 11.6 Å². The molecule has 2 aromatic carbocycles. The fourth-order valence-electron chi connectivity index (χ4n) is 3.13. The van der Waals surface area contributed by atoms with Crippen molar-refractivity contribution in [1.82, 2.24) is 9.55 Å². The number of phenols is 2. The summed E-state index contributed by atoms with van der Waals surface area (Å²) in [5, 5.41) is 20.7. The van der Waals surface area contributed by atoms with Crippen LogP contribution in [0.3, 0.4) is 0 Å². The summed E-state index contributed by atoms with van der Waals surface area (Å²) in [6.45, 7) is 0.435. The monoisotopic (exact) mass is 378 g/mol. The molecule has 2 N–H and O–H groups in total. The molecule has 0 saturated heterocycles. The molecule has 5 nitrogen and oxygen atoms in total. The summed E-state index contributed by atoms with van der Waals surface area (Å²) in [6, 6.07) is 15.2. The maximum Gasteiger partial charge on any atom is 0.190 e. The number of aromatic hydroxyl groups is 2. The van der Waals surface area contributed by atoms with E-state index in [1.54, 1.807) is 18.5 Å². The Morgan fingerprint density at radius 2 is 1.67 bits per heavy atom. The molecular formula is C21H15ClN2O3. The molecule has 0 atom stereocenters. The average Bonchev–Trinajstić information content (AvgIpc) is 2.67. The first kappa shape index (κ1) is 17.1. The van der Waals surface area contributed by atoms with Crippen LogP contribution in [-0.4, -0.2) is 19.8 Å². The zero-order chi connectivity index (χ0) is 19.0. The van der Waals surface area contributed by atoms with Crippen LogP contribution in [0.1, 0.15) is 5.56 Å². The molecule has 0 amide bonds. The minimum absolute atomic E-state index is 0.263. The van der Waals surface area contributed by atoms with E-state index in [-0.39, 0.29) is 16.9 Å². The smallest absolute Gasteiger partial charge is 0.190 e. The highest BCUT2D eigenvalue weighted by atomic mass is 35.5. The molecule has 4 rings (SSSR count). The minimum Gasteiger partial charge on any atom is -0.504 e. The maximum absolute atomic E-state index is 12.7. The molecule has 134 valence electrons. The number of halogens is 1. The number of benzene rings is 2. The highest BCUT2D eigenvalue weighted by Gasteiger charge is 2.15. The lowest BCUT2D eigenvalue weighted by molar-refractivity contribution is 0.404. The van der Waals surface area contributed by atoms with Gasteiger partial charge in [-0.2, -0.15) is 0 Å². The Labute approximate surface area is 159 Å². The molecule has 27 heavy (non-hydrogen) atoms. The highest BCUT2D eigenvalue weighted by Crippen LogP contribution is 2.33. The number of aromatic nitrogens is 2. The summed E-state index contributed by atoms with van der Waals surface area (Å²) in [5.74, 6) is -0.623. The molecule has 0 aliphatic heterocycles. The van der Waals surface area contributed by atoms with Crippen LogP contribution < -0.4 is 5.43 Å². The molecule has 2 heterocycles. The second kappa shape index (κ2) is 6.78. The van der Waals surface area contributed by atoms with Crippen LogP contribution in [0.2, 0.25) is 5.02 Å². The molecule has 0 fully saturated rings. The van der Waals surface area contributed by atoms with Crippen molar-refractivity contribution >= 4 is 22.5 Å². The number of nitrogens with zero attached hydrogens (tertiary/aromatic N) is 2. The van der Waals surface area contributed by atoms with Crippen molar-refractivity contribution in [2.45, 2.75) is 6.54 Å². The van der Waals surface area contributed by atoms with E-state index < -0.39 is 0 Å². The molecule has 0 aliphatic rings. The third kappa shape index (κ3) is 3.13. The summed E-state index contributed by atoms with van der Waals surface area (Å²) in [4.78, 5) is 16.7. The van der Waals surface area contributed by atoms with Crippen LogP contribution in [0.25, 0.3) is 22.2 Å². The number of pyridine rings is 2. The first-order valence-electron chi connectivity index (χ1n) is 8.28. The molecule has 6 heteroatoms. The minimum atomic E-state index is -0.333. The number of phenolic OH excluding ortho intramolecular Hbond substituents is 2. The molecular weight excluding hydrogens is 364 g/mol. The van der Waals surface area contributed by atoms with E-state index in [1.165, 1.54) is 18.2 Å². The van der Waals surface area contributed by atoms with Gasteiger partial charge in [0, 0.05) is 47.0 Å². The van der Waals surface area contributed by atoms with E-state index in [9.17, 15) is 15.0 Å². The molecule has 0 spiro atoms. The van der Waals surface area contributed by atoms with Gasteiger partial charge in [-0.05, 0) is 29.8 Å². The van der Waals surface area contributed by atoms with Gasteiger partial charge < -0.3 is 14.8 Å². The highest BCUT2D eigenvalue weighted by molar-refractivity contribution is 6.33. The Balaban J connectivity index is 2.07. The van der Waals surface area contributed by atoms with E-state index in [4.69, 9.17) is 11.6 Å². The van der Waals surface area contributed by atoms with Gasteiger partial charge in [0.1, 0.15) is 0 Å². The van der Waals surface area contributed by atoms with Gasteiger partial charge in [-0.25, -0.2) is 0 Å². The summed E-state index contributed by atoms with van der Waals surface area (Å²) in [6.07, 6.45) is 3.39. The lowest BCUT2D eigenvalue weighted by atomic mass is 10.1. The van der Waals surface area contributed by atoms with Crippen LogP contribution in [-0.2, 0) is 6.54 Å². The van der Waals surface area contributed by atoms with E-state index >= 15 is 0 Å². The van der Waals surface area contributed by atoms with Crippen LogP contribution in [0.4, 0.5) is 0 Å². The molecule has 2 aromatic heterocycles. The number of hydrogen-bond acceptors (Lipinski definition) is 4. The first-order chi connectivity index (χ1) is 13.0. The molecule has 0 radical (unpaired) electrons. The standard InChI is InChI=1S/C21H15ClN2O3/c22-16-4-2-1-3-14(16)17-10-19(25)15-9-20(26)21(27)11-18(15)24(17)12-13-5-7-23-8-6-13/h1-11,26-27H,12H2. The number of hydrogen-bond donors (Lipinski definition) is 2. The number of rotatable bonds is 3. The molecule has 4 aromatic rings. The Hall–Kier alpha value is -3.31. The van der Waals surface area contributed by atoms with E-state index in [0.29, 0.717) is 33.7 Å². The van der Waals surface area contributed by atoms with Gasteiger partial charge in [-0.3, -0.25) is 9.78 Å². The predicted molar refractivity (Wildman–Crippen MR) is 105 cm³/mol. The fourth-order valence-corrected chi connectivity index (χ4v) is 3.36. The van der Waals surface area contributed by atoms with Crippen LogP contribution in [0.5, 0.6) is 11.5 Å². The van der Waals surface area contributed by atoms with Crippen LogP contribution in [0.15, 0.2) is 71.8 Å². The summed E-state index contributed by atoms with van der Waals surface area (Å²) in [7, 11) is 0. The van der Waals surface area contributed by atoms with Gasteiger partial charge >= 0.3 is 0 Å². The van der Waals surface area contributed by atoms with Gasteiger partial charge in [0.2, 0.25) is 0 Å². The molecule has 0 saturated carbocycles. The second-order valence-electron chi connectivity index (χ2n) is 6.17. The van der Waals surface area contributed by atoms with Gasteiger partial charge in [0.05, 0.1) is 11.2 Å². The third-order valence-corrected chi connectivity index (χ3v) is 4.78. The summed E-state index contributed by atoms with van der Waals surface area (Å²) >= 11 is 6.38. The third-order valence-electron chi connectivity index (χ3n) is 4.45. The quantitative estimate of drug-likeness (QED) is 0.524. The van der Waals surface area contributed by atoms with E-state index in [0.717, 1.165) is 5.56 Å². The van der Waals surface area contributed by atoms with Crippen molar-refractivity contribution in [3.63, 3.8) is 0 Å². The van der Waals surface area contributed by atoms with Crippen molar-refractivity contribution in [2.75, 3.05) is 0 Å². The van der Waals surface area contributed by atoms with Gasteiger partial charge in [-0.15, -0.1) is 0 Å². The second-order valence-corrected chi connectivity index (χ2v) is 6.58. The van der Waals surface area contributed by atoms with Crippen molar-refractivity contribution in [3.8, 4) is 22.8 Å². The zero-order valence-corrected chi connectivity index (χ0v) is 14.9. The van der Waals surface area contributed by atoms with Crippen molar-refractivity contribution in [3.05, 3.63) is 87.8 Å². The van der Waals surface area contributed by atoms with Gasteiger partial charge in [-0.1, -0.05) is 29.8 Å². The Morgan fingerprint density at radius 3 is 2.41 bits per heavy atom. The molecule has 0 unspecified atom stereocenters. The van der Waals surface area contributed by atoms with Crippen LogP contribution in [0, 0.1) is 0 Å². The van der Waals surface area contributed by atoms with E-state index in [1.807, 2.05) is 34.9 Å². The molecule has 0 bridgehead atoms.